The van der Waals surface area contributed by atoms with Gasteiger partial charge in [-0.15, -0.1) is 0 Å². The fourth-order valence-electron chi connectivity index (χ4n) is 3.90. The Hall–Kier alpha value is -1.25. The molecular formula is C19H32N4O3S. The largest absolute Gasteiger partial charge is 0.282 e. The summed E-state index contributed by atoms with van der Waals surface area (Å²) in [5.41, 5.74) is 0.493. The van der Waals surface area contributed by atoms with Crippen molar-refractivity contribution < 1.29 is 8.42 Å². The zero-order chi connectivity index (χ0) is 19.7. The minimum atomic E-state index is -3.48. The lowest BCUT2D eigenvalue weighted by Crippen LogP contribution is -2.48. The van der Waals surface area contributed by atoms with Gasteiger partial charge in [-0.2, -0.15) is 22.1 Å². The van der Waals surface area contributed by atoms with Crippen molar-refractivity contribution in [2.75, 3.05) is 19.6 Å². The van der Waals surface area contributed by atoms with E-state index in [1.54, 1.807) is 14.7 Å². The normalized spacial score (nSPS) is 23.4. The Morgan fingerprint density at radius 2 is 1.70 bits per heavy atom. The van der Waals surface area contributed by atoms with Crippen molar-refractivity contribution >= 4 is 10.2 Å². The molecule has 2 aliphatic heterocycles. The van der Waals surface area contributed by atoms with Gasteiger partial charge in [0.05, 0.1) is 12.2 Å². The van der Waals surface area contributed by atoms with Crippen LogP contribution in [0.15, 0.2) is 16.9 Å². The highest BCUT2D eigenvalue weighted by Crippen LogP contribution is 2.26. The van der Waals surface area contributed by atoms with E-state index in [4.69, 9.17) is 0 Å². The van der Waals surface area contributed by atoms with Crippen LogP contribution in [0.2, 0.25) is 0 Å². The fourth-order valence-corrected chi connectivity index (χ4v) is 5.82. The topological polar surface area (TPSA) is 75.5 Å². The summed E-state index contributed by atoms with van der Waals surface area (Å²) in [6.45, 7) is 8.20. The van der Waals surface area contributed by atoms with Crippen molar-refractivity contribution in [1.82, 2.24) is 18.4 Å². The zero-order valence-electron chi connectivity index (χ0n) is 16.7. The van der Waals surface area contributed by atoms with E-state index in [9.17, 15) is 13.2 Å². The van der Waals surface area contributed by atoms with E-state index in [-0.39, 0.29) is 17.0 Å². The molecule has 2 saturated heterocycles. The molecule has 1 aromatic heterocycles. The van der Waals surface area contributed by atoms with Gasteiger partial charge in [-0.1, -0.05) is 33.6 Å². The molecule has 0 aromatic carbocycles. The Labute approximate surface area is 162 Å². The van der Waals surface area contributed by atoms with Gasteiger partial charge in [-0.25, -0.2) is 4.68 Å². The van der Waals surface area contributed by atoms with Crippen LogP contribution in [0.25, 0.3) is 0 Å². The van der Waals surface area contributed by atoms with Crippen molar-refractivity contribution in [3.63, 3.8) is 0 Å². The van der Waals surface area contributed by atoms with Gasteiger partial charge in [0.15, 0.2) is 0 Å². The molecule has 0 spiro atoms. The van der Waals surface area contributed by atoms with Crippen LogP contribution >= 0.6 is 0 Å². The summed E-state index contributed by atoms with van der Waals surface area (Å²) in [6, 6.07) is 3.09. The van der Waals surface area contributed by atoms with Crippen LogP contribution < -0.4 is 5.56 Å². The summed E-state index contributed by atoms with van der Waals surface area (Å²) in [5.74, 6) is 0. The van der Waals surface area contributed by atoms with Crippen molar-refractivity contribution in [3.05, 3.63) is 28.2 Å². The van der Waals surface area contributed by atoms with Crippen molar-refractivity contribution in [1.29, 1.82) is 0 Å². The summed E-state index contributed by atoms with van der Waals surface area (Å²) in [4.78, 5) is 12.3. The summed E-state index contributed by atoms with van der Waals surface area (Å²) in [5, 5.41) is 4.52. The second kappa shape index (κ2) is 8.01. The molecular weight excluding hydrogens is 364 g/mol. The number of nitrogens with zero attached hydrogens (tertiary/aromatic N) is 4. The van der Waals surface area contributed by atoms with E-state index in [0.717, 1.165) is 44.2 Å². The number of rotatable bonds is 4. The summed E-state index contributed by atoms with van der Waals surface area (Å²) in [7, 11) is -3.48. The van der Waals surface area contributed by atoms with Gasteiger partial charge in [-0.05, 0) is 31.7 Å². The van der Waals surface area contributed by atoms with Gasteiger partial charge in [0.25, 0.3) is 15.8 Å². The second-order valence-electron chi connectivity index (χ2n) is 8.72. The highest BCUT2D eigenvalue weighted by Gasteiger charge is 2.38. The van der Waals surface area contributed by atoms with Crippen molar-refractivity contribution in [2.24, 2.45) is 0 Å². The van der Waals surface area contributed by atoms with Crippen molar-refractivity contribution in [3.8, 4) is 0 Å². The van der Waals surface area contributed by atoms with Gasteiger partial charge < -0.3 is 0 Å². The highest BCUT2D eigenvalue weighted by atomic mass is 32.2. The van der Waals surface area contributed by atoms with Crippen LogP contribution in [-0.4, -0.2) is 52.5 Å². The monoisotopic (exact) mass is 396 g/mol. The van der Waals surface area contributed by atoms with Crippen LogP contribution in [0.1, 0.15) is 65.0 Å². The predicted octanol–water partition coefficient (Wildman–Crippen LogP) is 2.13. The van der Waals surface area contributed by atoms with Gasteiger partial charge in [0.2, 0.25) is 0 Å². The van der Waals surface area contributed by atoms with E-state index in [1.807, 2.05) is 0 Å². The molecule has 3 heterocycles. The van der Waals surface area contributed by atoms with E-state index in [1.165, 1.54) is 10.7 Å². The Morgan fingerprint density at radius 1 is 1.04 bits per heavy atom. The van der Waals surface area contributed by atoms with Gasteiger partial charge in [0.1, 0.15) is 0 Å². The minimum Gasteiger partial charge on any atom is -0.268 e. The first-order valence-electron chi connectivity index (χ1n) is 10.1. The molecule has 2 fully saturated rings. The van der Waals surface area contributed by atoms with Crippen LogP contribution in [0.4, 0.5) is 0 Å². The van der Waals surface area contributed by atoms with E-state index >= 15 is 0 Å². The standard InChI is InChI=1S/C19H32N4O3S/c1-19(2,3)17-10-11-18(24)22(20-17)15-16-9-8-14-23(16)27(25,26)21-12-6-4-5-7-13-21/h10-11,16H,4-9,12-15H2,1-3H3. The maximum absolute atomic E-state index is 13.2. The third-order valence-corrected chi connectivity index (χ3v) is 7.62. The first-order chi connectivity index (χ1) is 12.7. The Morgan fingerprint density at radius 3 is 2.33 bits per heavy atom. The summed E-state index contributed by atoms with van der Waals surface area (Å²) in [6.07, 6.45) is 5.62. The van der Waals surface area contributed by atoms with E-state index in [2.05, 4.69) is 25.9 Å². The number of hydrogen-bond donors (Lipinski definition) is 0. The van der Waals surface area contributed by atoms with Gasteiger partial charge in [-0.3, -0.25) is 4.79 Å². The summed E-state index contributed by atoms with van der Waals surface area (Å²) < 4.78 is 31.1. The smallest absolute Gasteiger partial charge is 0.268 e. The Kier molecular flexibility index (Phi) is 6.08. The van der Waals surface area contributed by atoms with E-state index in [0.29, 0.717) is 26.2 Å². The Balaban J connectivity index is 1.82. The first-order valence-corrected chi connectivity index (χ1v) is 11.4. The van der Waals surface area contributed by atoms with Crippen LogP contribution in [0.3, 0.4) is 0 Å². The molecule has 2 aliphatic rings. The highest BCUT2D eigenvalue weighted by molar-refractivity contribution is 7.86. The molecule has 0 N–H and O–H groups in total. The number of hydrogen-bond acceptors (Lipinski definition) is 4. The zero-order valence-corrected chi connectivity index (χ0v) is 17.5. The Bertz CT molecular complexity index is 805. The molecule has 0 saturated carbocycles. The van der Waals surface area contributed by atoms with Gasteiger partial charge >= 0.3 is 0 Å². The fraction of sp³-hybridized carbons (Fsp3) is 0.789. The second-order valence-corrected chi connectivity index (χ2v) is 10.6. The van der Waals surface area contributed by atoms with Crippen LogP contribution in [0.5, 0.6) is 0 Å². The average molecular weight is 397 g/mol. The molecule has 8 heteroatoms. The summed E-state index contributed by atoms with van der Waals surface area (Å²) >= 11 is 0. The molecule has 3 rings (SSSR count). The van der Waals surface area contributed by atoms with Gasteiger partial charge in [0, 0.05) is 37.2 Å². The van der Waals surface area contributed by atoms with Crippen LogP contribution in [0, 0.1) is 0 Å². The van der Waals surface area contributed by atoms with Crippen LogP contribution in [-0.2, 0) is 22.2 Å². The molecule has 1 unspecified atom stereocenters. The molecule has 0 amide bonds. The lowest BCUT2D eigenvalue weighted by molar-refractivity contribution is 0.297. The third kappa shape index (κ3) is 4.60. The number of aromatic nitrogens is 2. The molecule has 152 valence electrons. The lowest BCUT2D eigenvalue weighted by Gasteiger charge is -2.30. The maximum atomic E-state index is 13.2. The predicted molar refractivity (Wildman–Crippen MR) is 106 cm³/mol. The van der Waals surface area contributed by atoms with E-state index < -0.39 is 10.2 Å². The quantitative estimate of drug-likeness (QED) is 0.781. The molecule has 0 aliphatic carbocycles. The third-order valence-electron chi connectivity index (χ3n) is 5.53. The van der Waals surface area contributed by atoms with Crippen molar-refractivity contribution in [2.45, 2.75) is 77.3 Å². The molecule has 27 heavy (non-hydrogen) atoms. The molecule has 1 atom stereocenters. The molecule has 7 nitrogen and oxygen atoms in total. The first kappa shape index (κ1) is 20.5. The molecule has 0 radical (unpaired) electrons. The average Bonchev–Trinajstić information content (AvgIpc) is 2.88. The molecule has 0 bridgehead atoms. The maximum Gasteiger partial charge on any atom is 0.282 e. The minimum absolute atomic E-state index is 0.164. The molecule has 1 aromatic rings. The SMILES string of the molecule is CC(C)(C)c1ccc(=O)n(CC2CCCN2S(=O)(=O)N2CCCCCC2)n1. The lowest BCUT2D eigenvalue weighted by atomic mass is 9.92.